The summed E-state index contributed by atoms with van der Waals surface area (Å²) in [4.78, 5) is 25.7. The number of amides is 2. The van der Waals surface area contributed by atoms with Gasteiger partial charge in [0.25, 0.3) is 5.91 Å². The molecule has 1 N–H and O–H groups in total. The van der Waals surface area contributed by atoms with E-state index in [1.54, 1.807) is 24.1 Å². The Morgan fingerprint density at radius 2 is 2.05 bits per heavy atom. The molecule has 0 aliphatic rings. The van der Waals surface area contributed by atoms with Crippen LogP contribution >= 0.6 is 22.9 Å². The maximum atomic E-state index is 12.0. The predicted octanol–water partition coefficient (Wildman–Crippen LogP) is 3.39. The monoisotopic (exact) mass is 332 g/mol. The van der Waals surface area contributed by atoms with Gasteiger partial charge in [-0.3, -0.25) is 4.79 Å². The molecule has 0 aliphatic heterocycles. The van der Waals surface area contributed by atoms with Gasteiger partial charge in [-0.2, -0.15) is 0 Å². The van der Waals surface area contributed by atoms with Crippen molar-refractivity contribution in [3.05, 3.63) is 21.3 Å². The Morgan fingerprint density at radius 3 is 2.57 bits per heavy atom. The zero-order valence-corrected chi connectivity index (χ0v) is 14.3. The van der Waals surface area contributed by atoms with Crippen LogP contribution in [0.3, 0.4) is 0 Å². The van der Waals surface area contributed by atoms with Crippen LogP contribution in [-0.2, 0) is 4.74 Å². The number of thiophene rings is 1. The number of carbonyl (C=O) groups excluding carboxylic acids is 2. The van der Waals surface area contributed by atoms with E-state index in [0.717, 1.165) is 0 Å². The highest BCUT2D eigenvalue weighted by molar-refractivity contribution is 7.17. The van der Waals surface area contributed by atoms with Crippen LogP contribution in [0, 0.1) is 0 Å². The molecule has 7 heteroatoms. The Kier molecular flexibility index (Phi) is 6.48. The smallest absolute Gasteiger partial charge is 0.407 e. The van der Waals surface area contributed by atoms with Crippen molar-refractivity contribution < 1.29 is 14.3 Å². The summed E-state index contributed by atoms with van der Waals surface area (Å²) in [6, 6.07) is 3.42. The molecule has 0 fully saturated rings. The van der Waals surface area contributed by atoms with Crippen LogP contribution in [0.2, 0.25) is 4.34 Å². The fourth-order valence-corrected chi connectivity index (χ4v) is 2.58. The lowest BCUT2D eigenvalue weighted by Crippen LogP contribution is -2.35. The van der Waals surface area contributed by atoms with Gasteiger partial charge in [0.15, 0.2) is 0 Å². The Hall–Kier alpha value is -1.27. The summed E-state index contributed by atoms with van der Waals surface area (Å²) < 4.78 is 5.72. The molecule has 0 bridgehead atoms. The average Bonchev–Trinajstić information content (AvgIpc) is 2.78. The first kappa shape index (κ1) is 17.8. The molecule has 0 unspecified atom stereocenters. The van der Waals surface area contributed by atoms with Gasteiger partial charge in [0.2, 0.25) is 0 Å². The summed E-state index contributed by atoms with van der Waals surface area (Å²) in [7, 11) is 1.73. The third-order valence-electron chi connectivity index (χ3n) is 2.47. The summed E-state index contributed by atoms with van der Waals surface area (Å²) in [6.45, 7) is 6.43. The minimum Gasteiger partial charge on any atom is -0.444 e. The number of hydrogen-bond donors (Lipinski definition) is 1. The third kappa shape index (κ3) is 6.82. The van der Waals surface area contributed by atoms with E-state index in [1.807, 2.05) is 20.8 Å². The zero-order valence-electron chi connectivity index (χ0n) is 12.7. The number of nitrogens with zero attached hydrogens (tertiary/aromatic N) is 1. The summed E-state index contributed by atoms with van der Waals surface area (Å²) in [5, 5.41) is 2.66. The highest BCUT2D eigenvalue weighted by atomic mass is 35.5. The van der Waals surface area contributed by atoms with Crippen molar-refractivity contribution in [2.24, 2.45) is 0 Å². The second-order valence-electron chi connectivity index (χ2n) is 5.61. The minimum absolute atomic E-state index is 0.0656. The Bertz CT molecular complexity index is 497. The van der Waals surface area contributed by atoms with Crippen molar-refractivity contribution in [1.29, 1.82) is 0 Å². The number of alkyl carbamates (subject to hydrolysis) is 1. The van der Waals surface area contributed by atoms with Gasteiger partial charge in [0.05, 0.1) is 9.21 Å². The topological polar surface area (TPSA) is 58.6 Å². The molecule has 0 radical (unpaired) electrons. The molecule has 0 atom stereocenters. The molecule has 0 aromatic carbocycles. The van der Waals surface area contributed by atoms with E-state index in [1.165, 1.54) is 11.3 Å². The van der Waals surface area contributed by atoms with Crippen LogP contribution in [0.5, 0.6) is 0 Å². The van der Waals surface area contributed by atoms with E-state index in [0.29, 0.717) is 28.7 Å². The van der Waals surface area contributed by atoms with Crippen LogP contribution in [0.4, 0.5) is 4.79 Å². The summed E-state index contributed by atoms with van der Waals surface area (Å²) >= 11 is 7.07. The highest BCUT2D eigenvalue weighted by Gasteiger charge is 2.16. The quantitative estimate of drug-likeness (QED) is 0.841. The number of rotatable bonds is 5. The Balaban J connectivity index is 2.26. The first-order valence-electron chi connectivity index (χ1n) is 6.67. The number of carbonyl (C=O) groups is 2. The molecule has 21 heavy (non-hydrogen) atoms. The second kappa shape index (κ2) is 7.66. The summed E-state index contributed by atoms with van der Waals surface area (Å²) in [5.41, 5.74) is -0.505. The van der Waals surface area contributed by atoms with E-state index in [4.69, 9.17) is 16.3 Å². The molecule has 1 aromatic heterocycles. The summed E-state index contributed by atoms with van der Waals surface area (Å²) in [6.07, 6.45) is 0.210. The Labute approximate surface area is 134 Å². The fraction of sp³-hybridized carbons (Fsp3) is 0.571. The number of halogens is 1. The first-order chi connectivity index (χ1) is 9.69. The van der Waals surface area contributed by atoms with E-state index in [-0.39, 0.29) is 5.91 Å². The maximum absolute atomic E-state index is 12.0. The molecule has 1 heterocycles. The number of nitrogens with one attached hydrogen (secondary N) is 1. The van der Waals surface area contributed by atoms with Gasteiger partial charge in [-0.05, 0) is 39.3 Å². The van der Waals surface area contributed by atoms with Gasteiger partial charge >= 0.3 is 6.09 Å². The van der Waals surface area contributed by atoms with Gasteiger partial charge < -0.3 is 15.0 Å². The first-order valence-corrected chi connectivity index (χ1v) is 7.86. The van der Waals surface area contributed by atoms with Gasteiger partial charge in [-0.1, -0.05) is 11.6 Å². The predicted molar refractivity (Wildman–Crippen MR) is 85.1 cm³/mol. The Morgan fingerprint density at radius 1 is 1.38 bits per heavy atom. The summed E-state index contributed by atoms with van der Waals surface area (Å²) in [5.74, 6) is -0.0656. The average molecular weight is 333 g/mol. The van der Waals surface area contributed by atoms with Crippen molar-refractivity contribution in [3.8, 4) is 0 Å². The molecule has 0 saturated heterocycles. The molecule has 0 spiro atoms. The highest BCUT2D eigenvalue weighted by Crippen LogP contribution is 2.22. The van der Waals surface area contributed by atoms with E-state index >= 15 is 0 Å². The molecule has 0 saturated carbocycles. The lowest BCUT2D eigenvalue weighted by molar-refractivity contribution is 0.0526. The van der Waals surface area contributed by atoms with Crippen molar-refractivity contribution in [2.45, 2.75) is 32.8 Å². The SMILES string of the molecule is CN(CCCNC(=O)OC(C)(C)C)C(=O)c1ccc(Cl)s1. The second-order valence-corrected chi connectivity index (χ2v) is 7.33. The molecule has 118 valence electrons. The van der Waals surface area contributed by atoms with Crippen LogP contribution < -0.4 is 5.32 Å². The van der Waals surface area contributed by atoms with Crippen molar-refractivity contribution in [3.63, 3.8) is 0 Å². The van der Waals surface area contributed by atoms with Crippen LogP contribution in [-0.4, -0.2) is 42.6 Å². The molecule has 0 aliphatic carbocycles. The minimum atomic E-state index is -0.505. The zero-order chi connectivity index (χ0) is 16.0. The number of hydrogen-bond acceptors (Lipinski definition) is 4. The largest absolute Gasteiger partial charge is 0.444 e. The van der Waals surface area contributed by atoms with Gasteiger partial charge in [0, 0.05) is 20.1 Å². The molecular formula is C14H21ClN2O3S. The van der Waals surface area contributed by atoms with Crippen LogP contribution in [0.1, 0.15) is 36.9 Å². The van der Waals surface area contributed by atoms with E-state index in [9.17, 15) is 9.59 Å². The lowest BCUT2D eigenvalue weighted by Gasteiger charge is -2.20. The van der Waals surface area contributed by atoms with Crippen LogP contribution in [0.15, 0.2) is 12.1 Å². The molecule has 5 nitrogen and oxygen atoms in total. The number of ether oxygens (including phenoxy) is 1. The normalized spacial score (nSPS) is 11.1. The third-order valence-corrected chi connectivity index (χ3v) is 3.69. The molecule has 2 amide bonds. The lowest BCUT2D eigenvalue weighted by atomic mass is 10.2. The van der Waals surface area contributed by atoms with E-state index < -0.39 is 11.7 Å². The van der Waals surface area contributed by atoms with Crippen LogP contribution in [0.25, 0.3) is 0 Å². The van der Waals surface area contributed by atoms with Crippen molar-refractivity contribution in [2.75, 3.05) is 20.1 Å². The molecular weight excluding hydrogens is 312 g/mol. The van der Waals surface area contributed by atoms with Crippen molar-refractivity contribution >= 4 is 34.9 Å². The van der Waals surface area contributed by atoms with Gasteiger partial charge in [-0.15, -0.1) is 11.3 Å². The fourth-order valence-electron chi connectivity index (χ4n) is 1.54. The molecule has 1 rings (SSSR count). The molecule has 1 aromatic rings. The standard InChI is InChI=1S/C14H21ClN2O3S/c1-14(2,3)20-13(19)16-8-5-9-17(4)12(18)10-6-7-11(15)21-10/h6-7H,5,8-9H2,1-4H3,(H,16,19). The van der Waals surface area contributed by atoms with Gasteiger partial charge in [-0.25, -0.2) is 4.79 Å². The van der Waals surface area contributed by atoms with Crippen molar-refractivity contribution in [1.82, 2.24) is 10.2 Å². The van der Waals surface area contributed by atoms with Gasteiger partial charge in [0.1, 0.15) is 5.60 Å². The maximum Gasteiger partial charge on any atom is 0.407 e. The van der Waals surface area contributed by atoms with E-state index in [2.05, 4.69) is 5.32 Å².